The summed E-state index contributed by atoms with van der Waals surface area (Å²) < 4.78 is 0. The average molecular weight is 262 g/mol. The van der Waals surface area contributed by atoms with Gasteiger partial charge in [0, 0.05) is 18.9 Å². The van der Waals surface area contributed by atoms with Crippen LogP contribution in [-0.4, -0.2) is 41.1 Å². The summed E-state index contributed by atoms with van der Waals surface area (Å²) in [5.41, 5.74) is 0.694. The Bertz CT molecular complexity index is 421. The lowest BCUT2D eigenvalue weighted by molar-refractivity contribution is -0.153. The van der Waals surface area contributed by atoms with E-state index in [1.54, 1.807) is 12.4 Å². The Hall–Kier alpha value is -1.42. The standard InChI is InChI=1S/C15H22N2O2/c1-17-11-3-8-15(12-17,14(18)19)7-2-4-13-5-9-16-10-6-13/h5-6,9-10H,2-4,7-8,11-12H2,1H3,(H,18,19)/t15-/m1/s1. The van der Waals surface area contributed by atoms with Gasteiger partial charge in [0.05, 0.1) is 5.41 Å². The molecule has 19 heavy (non-hydrogen) atoms. The number of aliphatic carboxylic acids is 1. The second-order valence-electron chi connectivity index (χ2n) is 5.64. The van der Waals surface area contributed by atoms with Crippen molar-refractivity contribution in [2.45, 2.75) is 32.1 Å². The van der Waals surface area contributed by atoms with Crippen LogP contribution in [0.25, 0.3) is 0 Å². The number of piperidine rings is 1. The van der Waals surface area contributed by atoms with Crippen molar-refractivity contribution in [3.05, 3.63) is 30.1 Å². The molecule has 104 valence electrons. The fraction of sp³-hybridized carbons (Fsp3) is 0.600. The number of hydrogen-bond acceptors (Lipinski definition) is 3. The minimum atomic E-state index is -0.631. The molecular weight excluding hydrogens is 240 g/mol. The fourth-order valence-electron chi connectivity index (χ4n) is 3.03. The molecule has 0 spiro atoms. The summed E-state index contributed by atoms with van der Waals surface area (Å²) in [6.07, 6.45) is 7.98. The van der Waals surface area contributed by atoms with Gasteiger partial charge in [-0.05, 0) is 63.4 Å². The van der Waals surface area contributed by atoms with E-state index < -0.39 is 11.4 Å². The number of hydrogen-bond donors (Lipinski definition) is 1. The van der Waals surface area contributed by atoms with Gasteiger partial charge in [-0.1, -0.05) is 0 Å². The highest BCUT2D eigenvalue weighted by atomic mass is 16.4. The molecular formula is C15H22N2O2. The third-order valence-electron chi connectivity index (χ3n) is 4.09. The van der Waals surface area contributed by atoms with Crippen LogP contribution in [0.15, 0.2) is 24.5 Å². The molecule has 4 nitrogen and oxygen atoms in total. The zero-order valence-corrected chi connectivity index (χ0v) is 11.5. The molecule has 0 aliphatic carbocycles. The van der Waals surface area contributed by atoms with Crippen molar-refractivity contribution < 1.29 is 9.90 Å². The highest BCUT2D eigenvalue weighted by molar-refractivity contribution is 5.75. The molecule has 1 N–H and O–H groups in total. The van der Waals surface area contributed by atoms with Crippen LogP contribution in [0.4, 0.5) is 0 Å². The zero-order valence-electron chi connectivity index (χ0n) is 11.5. The lowest BCUT2D eigenvalue weighted by atomic mass is 9.76. The molecule has 1 aliphatic heterocycles. The van der Waals surface area contributed by atoms with Crippen LogP contribution >= 0.6 is 0 Å². The van der Waals surface area contributed by atoms with E-state index in [9.17, 15) is 9.90 Å². The molecule has 1 fully saturated rings. The Kier molecular flexibility index (Phi) is 4.53. The molecule has 1 aliphatic rings. The molecule has 0 radical (unpaired) electrons. The number of rotatable bonds is 5. The van der Waals surface area contributed by atoms with Crippen molar-refractivity contribution in [2.75, 3.05) is 20.1 Å². The Morgan fingerprint density at radius 2 is 2.21 bits per heavy atom. The van der Waals surface area contributed by atoms with Crippen molar-refractivity contribution >= 4 is 5.97 Å². The molecule has 1 aromatic rings. The van der Waals surface area contributed by atoms with E-state index in [1.165, 1.54) is 5.56 Å². The van der Waals surface area contributed by atoms with Crippen molar-refractivity contribution in [2.24, 2.45) is 5.41 Å². The van der Waals surface area contributed by atoms with Gasteiger partial charge < -0.3 is 10.0 Å². The summed E-state index contributed by atoms with van der Waals surface area (Å²) in [4.78, 5) is 17.8. The third kappa shape index (κ3) is 3.53. The summed E-state index contributed by atoms with van der Waals surface area (Å²) in [6.45, 7) is 1.69. The smallest absolute Gasteiger partial charge is 0.310 e. The van der Waals surface area contributed by atoms with Crippen molar-refractivity contribution in [1.82, 2.24) is 9.88 Å². The molecule has 0 aromatic carbocycles. The molecule has 2 rings (SSSR count). The summed E-state index contributed by atoms with van der Waals surface area (Å²) in [5.74, 6) is -0.631. The normalized spacial score (nSPS) is 24.3. The number of pyridine rings is 1. The van der Waals surface area contributed by atoms with E-state index in [0.717, 1.165) is 38.6 Å². The summed E-state index contributed by atoms with van der Waals surface area (Å²) >= 11 is 0. The second kappa shape index (κ2) is 6.15. The lowest BCUT2D eigenvalue weighted by Crippen LogP contribution is -2.46. The Morgan fingerprint density at radius 3 is 2.84 bits per heavy atom. The van der Waals surface area contributed by atoms with Gasteiger partial charge in [0.25, 0.3) is 0 Å². The predicted molar refractivity (Wildman–Crippen MR) is 74.0 cm³/mol. The molecule has 0 saturated carbocycles. The van der Waals surface area contributed by atoms with Gasteiger partial charge in [-0.15, -0.1) is 0 Å². The first-order valence-electron chi connectivity index (χ1n) is 6.93. The van der Waals surface area contributed by atoms with E-state index in [2.05, 4.69) is 9.88 Å². The highest BCUT2D eigenvalue weighted by Gasteiger charge is 2.40. The lowest BCUT2D eigenvalue weighted by Gasteiger charge is -2.38. The summed E-state index contributed by atoms with van der Waals surface area (Å²) in [7, 11) is 2.01. The molecule has 4 heteroatoms. The van der Waals surface area contributed by atoms with Crippen molar-refractivity contribution in [1.29, 1.82) is 0 Å². The van der Waals surface area contributed by atoms with Crippen LogP contribution in [-0.2, 0) is 11.2 Å². The quantitative estimate of drug-likeness (QED) is 0.884. The van der Waals surface area contributed by atoms with Crippen LogP contribution in [0.5, 0.6) is 0 Å². The van der Waals surface area contributed by atoms with E-state index in [1.807, 2.05) is 19.2 Å². The number of carboxylic acid groups (broad SMARTS) is 1. The Morgan fingerprint density at radius 1 is 1.47 bits per heavy atom. The van der Waals surface area contributed by atoms with E-state index in [-0.39, 0.29) is 0 Å². The van der Waals surface area contributed by atoms with Crippen LogP contribution in [0.2, 0.25) is 0 Å². The first kappa shape index (κ1) is 14.0. The van der Waals surface area contributed by atoms with Gasteiger partial charge in [0.15, 0.2) is 0 Å². The minimum Gasteiger partial charge on any atom is -0.481 e. The van der Waals surface area contributed by atoms with Crippen molar-refractivity contribution in [3.63, 3.8) is 0 Å². The maximum Gasteiger partial charge on any atom is 0.310 e. The first-order valence-corrected chi connectivity index (χ1v) is 6.93. The van der Waals surface area contributed by atoms with Crippen LogP contribution < -0.4 is 0 Å². The first-order chi connectivity index (χ1) is 9.12. The fourth-order valence-corrected chi connectivity index (χ4v) is 3.03. The Balaban J connectivity index is 1.92. The maximum absolute atomic E-state index is 11.6. The van der Waals surface area contributed by atoms with Gasteiger partial charge in [-0.25, -0.2) is 0 Å². The second-order valence-corrected chi connectivity index (χ2v) is 5.64. The SMILES string of the molecule is CN1CCC[C@@](CCCc2ccncc2)(C(=O)O)C1. The molecule has 1 atom stereocenters. The largest absolute Gasteiger partial charge is 0.481 e. The van der Waals surface area contributed by atoms with Gasteiger partial charge in [-0.3, -0.25) is 9.78 Å². The molecule has 0 unspecified atom stereocenters. The van der Waals surface area contributed by atoms with Gasteiger partial charge >= 0.3 is 5.97 Å². The monoisotopic (exact) mass is 262 g/mol. The van der Waals surface area contributed by atoms with E-state index >= 15 is 0 Å². The molecule has 0 amide bonds. The predicted octanol–water partition coefficient (Wildman–Crippen LogP) is 2.20. The summed E-state index contributed by atoms with van der Waals surface area (Å²) in [6, 6.07) is 4.00. The maximum atomic E-state index is 11.6. The highest BCUT2D eigenvalue weighted by Crippen LogP contribution is 2.35. The third-order valence-corrected chi connectivity index (χ3v) is 4.09. The number of carboxylic acids is 1. The Labute approximate surface area is 114 Å². The van der Waals surface area contributed by atoms with Gasteiger partial charge in [0.1, 0.15) is 0 Å². The van der Waals surface area contributed by atoms with Crippen molar-refractivity contribution in [3.8, 4) is 0 Å². The van der Waals surface area contributed by atoms with Crippen LogP contribution in [0.1, 0.15) is 31.2 Å². The topological polar surface area (TPSA) is 53.4 Å². The van der Waals surface area contributed by atoms with E-state index in [0.29, 0.717) is 6.54 Å². The molecule has 2 heterocycles. The van der Waals surface area contributed by atoms with Gasteiger partial charge in [0.2, 0.25) is 0 Å². The van der Waals surface area contributed by atoms with Crippen LogP contribution in [0.3, 0.4) is 0 Å². The van der Waals surface area contributed by atoms with Crippen LogP contribution in [0, 0.1) is 5.41 Å². The molecule has 0 bridgehead atoms. The molecule has 1 saturated heterocycles. The number of carbonyl (C=O) groups is 1. The average Bonchev–Trinajstić information content (AvgIpc) is 2.40. The van der Waals surface area contributed by atoms with E-state index in [4.69, 9.17) is 0 Å². The zero-order chi connectivity index (χ0) is 13.7. The molecule has 1 aromatic heterocycles. The minimum absolute atomic E-state index is 0.542. The van der Waals surface area contributed by atoms with Gasteiger partial charge in [-0.2, -0.15) is 0 Å². The number of aromatic nitrogens is 1. The number of nitrogens with zero attached hydrogens (tertiary/aromatic N) is 2. The number of likely N-dealkylation sites (tertiary alicyclic amines) is 1. The number of aryl methyl sites for hydroxylation is 1. The summed E-state index contributed by atoms with van der Waals surface area (Å²) in [5, 5.41) is 9.57.